The summed E-state index contributed by atoms with van der Waals surface area (Å²) in [5.41, 5.74) is 1.58. The van der Waals surface area contributed by atoms with E-state index in [0.717, 1.165) is 61.9 Å². The number of rotatable bonds is 25. The van der Waals surface area contributed by atoms with Gasteiger partial charge in [-0.25, -0.2) is 88.6 Å². The van der Waals surface area contributed by atoms with Gasteiger partial charge in [0.15, 0.2) is 0 Å². The Morgan fingerprint density at radius 1 is 0.429 bits per heavy atom. The molecule has 40 heteroatoms. The van der Waals surface area contributed by atoms with Crippen molar-refractivity contribution in [3.8, 4) is 0 Å². The number of piperazine rings is 3. The number of aromatic nitrogens is 12. The van der Waals surface area contributed by atoms with Crippen molar-refractivity contribution in [2.45, 2.75) is 151 Å². The van der Waals surface area contributed by atoms with E-state index in [0.29, 0.717) is 113 Å². The molecule has 654 valence electrons. The average Bonchev–Trinajstić information content (AvgIpc) is 0.808. The van der Waals surface area contributed by atoms with Crippen LogP contribution < -0.4 is 48.7 Å². The number of carbonyl (C=O) groups excluding carboxylic acids is 5. The van der Waals surface area contributed by atoms with Crippen LogP contribution in [-0.4, -0.2) is 351 Å². The summed E-state index contributed by atoms with van der Waals surface area (Å²) in [6, 6.07) is 0.537. The Balaban J connectivity index is 0.000000415. The van der Waals surface area contributed by atoms with E-state index >= 15 is 0 Å². The van der Waals surface area contributed by atoms with Gasteiger partial charge in [-0.2, -0.15) is 0 Å². The summed E-state index contributed by atoms with van der Waals surface area (Å²) in [7, 11) is 17.3. The number of carboxylic acids is 1. The second-order valence-corrected chi connectivity index (χ2v) is 32.1. The normalized spacial score (nSPS) is 15.3. The van der Waals surface area contributed by atoms with Crippen molar-refractivity contribution in [1.82, 2.24) is 99.4 Å². The molecule has 0 saturated carbocycles. The Kier molecular flexibility index (Phi) is 43.9. The molecular weight excluding hydrogens is 1550 g/mol. The minimum absolute atomic E-state index is 0. The molecule has 6 aromatic heterocycles. The molecule has 3 saturated heterocycles. The van der Waals surface area contributed by atoms with Crippen LogP contribution in [0, 0.1) is 0 Å². The van der Waals surface area contributed by atoms with Crippen LogP contribution in [-0.2, 0) is 43.3 Å². The molecule has 3 N–H and O–H groups in total. The molecule has 6 aromatic rings. The van der Waals surface area contributed by atoms with Gasteiger partial charge in [-0.15, -0.1) is 0 Å². The number of carboxylic acid groups (broad SMARTS) is 1. The van der Waals surface area contributed by atoms with Gasteiger partial charge in [-0.05, 0) is 150 Å². The molecule has 3 aliphatic rings. The van der Waals surface area contributed by atoms with Crippen LogP contribution in [0.2, 0.25) is 5.28 Å². The number of anilines is 5. The molecule has 38 nitrogen and oxygen atoms in total. The van der Waals surface area contributed by atoms with Crippen LogP contribution in [0.25, 0.3) is 0 Å². The Bertz CT molecular complexity index is 3980. The first-order valence-corrected chi connectivity index (χ1v) is 39.6. The zero-order valence-corrected chi connectivity index (χ0v) is 75.1. The molecular formula is C79H127ClLiN25O13. The number of esters is 2. The Morgan fingerprint density at radius 2 is 0.723 bits per heavy atom. The Hall–Kier alpha value is -9.65. The molecule has 0 radical (unpaired) electrons. The largest absolute Gasteiger partial charge is 1.00 e. The van der Waals surface area contributed by atoms with Gasteiger partial charge in [0.1, 0.15) is 16.8 Å². The molecule has 0 aromatic carbocycles. The molecule has 3 aliphatic heterocycles. The molecule has 0 unspecified atom stereocenters. The average molecular weight is 1680 g/mol. The third kappa shape index (κ3) is 37.3. The van der Waals surface area contributed by atoms with Gasteiger partial charge in [0, 0.05) is 197 Å². The number of halogens is 1. The number of nitrogens with one attached hydrogen (secondary N) is 1. The molecule has 9 rings (SSSR count). The summed E-state index contributed by atoms with van der Waals surface area (Å²) in [5, 5.41) is 12.7. The topological polar surface area (TPSA) is 404 Å². The zero-order chi connectivity index (χ0) is 86.9. The molecule has 0 bridgehead atoms. The number of likely N-dealkylation sites (N-methyl/N-ethyl adjacent to an activating group) is 3. The van der Waals surface area contributed by atoms with Crippen molar-refractivity contribution >= 4 is 77.5 Å². The monoisotopic (exact) mass is 1680 g/mol. The van der Waals surface area contributed by atoms with Crippen LogP contribution in [0.4, 0.5) is 44.1 Å². The first-order chi connectivity index (χ1) is 55.1. The van der Waals surface area contributed by atoms with Crippen molar-refractivity contribution in [3.63, 3.8) is 0 Å². The number of hydrogen-bond acceptors (Lipinski definition) is 34. The minimum Gasteiger partial charge on any atom is -0.870 e. The van der Waals surface area contributed by atoms with Gasteiger partial charge in [0.05, 0.1) is 61.6 Å². The van der Waals surface area contributed by atoms with Gasteiger partial charge in [0.25, 0.3) is 0 Å². The molecule has 0 aliphatic carbocycles. The fourth-order valence-corrected chi connectivity index (χ4v) is 11.9. The van der Waals surface area contributed by atoms with Crippen LogP contribution in [0.5, 0.6) is 0 Å². The summed E-state index contributed by atoms with van der Waals surface area (Å²) in [4.78, 5) is 146. The van der Waals surface area contributed by atoms with Gasteiger partial charge < -0.3 is 98.4 Å². The maximum atomic E-state index is 12.2. The van der Waals surface area contributed by atoms with E-state index in [1.807, 2.05) is 90.5 Å². The molecule has 9 heterocycles. The summed E-state index contributed by atoms with van der Waals surface area (Å²) >= 11 is 5.42. The SMILES string of the molecule is CCN(CC)CC.CCOC(=O)c1cnc(Cl)nc1.CCOC(=O)c1cnc(N2CCN(c3ncc(CN(C)C(=O)OC(C)(C)C)cn3)C[C@@H]2CN(C)C)nc1.CN(C)C[C@H]1CN(c2ncc(CN(C)C(=O)OC(C)(C)C)cn2)CCN1.CN(C)C[C@H]1CN(c2ncc(CN(C)C(=O)OC(C)(C)C)cn2)CCN1c1ncc(C(=O)O)cn1.[Li+].[OH-]. The van der Waals surface area contributed by atoms with E-state index < -0.39 is 46.9 Å². The van der Waals surface area contributed by atoms with E-state index in [1.54, 1.807) is 72.2 Å². The van der Waals surface area contributed by atoms with Gasteiger partial charge in [-0.1, -0.05) is 20.8 Å². The summed E-state index contributed by atoms with van der Waals surface area (Å²) in [6.45, 7) is 41.1. The van der Waals surface area contributed by atoms with Crippen LogP contribution in [0.1, 0.15) is 145 Å². The molecule has 3 atom stereocenters. The number of amides is 3. The Morgan fingerprint density at radius 3 is 1.00 bits per heavy atom. The van der Waals surface area contributed by atoms with Crippen molar-refractivity contribution in [2.24, 2.45) is 0 Å². The molecule has 0 spiro atoms. The van der Waals surface area contributed by atoms with Crippen LogP contribution in [0.15, 0.2) is 74.4 Å². The van der Waals surface area contributed by atoms with Gasteiger partial charge in [-0.3, -0.25) is 0 Å². The van der Waals surface area contributed by atoms with Crippen LogP contribution in [0.3, 0.4) is 0 Å². The van der Waals surface area contributed by atoms with Crippen molar-refractivity contribution < 1.29 is 81.9 Å². The fourth-order valence-electron chi connectivity index (χ4n) is 11.8. The van der Waals surface area contributed by atoms with E-state index in [1.165, 1.54) is 71.5 Å². The standard InChI is InChI=1S/C25H38N8O4.C23H34N8O4.C18H32N6O2.C7H7ClN2O2.C6H15N.Li.H2O/c1-8-36-21(34)19-13-28-23(29-14-19)33-10-9-32(17-20(33)16-30(5)6)22-26-11-18(12-27-22)15-31(7)24(35)37-25(2,3)4;1-23(2,3)35-22(34)29(6)13-16-9-24-20(25-10-16)30-7-8-31(18(15-30)14-28(4)5)21-26-11-17(12-27-21)19(32)33;1-18(2,3)26-17(25)23(6)11-14-9-20-16(21-10-14)24-8-7-19-15(13-24)12-22(4)5;1-2-12-6(11)5-3-9-7(8)10-4-5;1-4-7(5-2)6-3;;/h11-14,20H,8-10,15-17H2,1-7H3;9-12,18H,7-8,13-15H2,1-6H3,(H,32,33);9-10,15,19H,7-8,11-13H2,1-6H3;3-4H,2H2,1H3;4-6H2,1-3H3;;1H2/q;;;;;+1;/p-1/t20-;18-;15-;;;;/m000..../s1. The number of hydrogen-bond donors (Lipinski definition) is 2. The van der Waals surface area contributed by atoms with E-state index in [2.05, 4.69) is 144 Å². The molecule has 3 amide bonds. The zero-order valence-electron chi connectivity index (χ0n) is 74.3. The van der Waals surface area contributed by atoms with Gasteiger partial charge in [0.2, 0.25) is 35.0 Å². The molecule has 119 heavy (non-hydrogen) atoms. The number of nitrogens with zero attached hydrogens (tertiary/aromatic N) is 24. The maximum Gasteiger partial charge on any atom is 1.00 e. The smallest absolute Gasteiger partial charge is 0.870 e. The van der Waals surface area contributed by atoms with Crippen molar-refractivity contribution in [1.29, 1.82) is 0 Å². The fraction of sp³-hybridized carbons (Fsp3) is 0.620. The van der Waals surface area contributed by atoms with E-state index in [9.17, 15) is 28.8 Å². The number of aromatic carboxylic acids is 1. The van der Waals surface area contributed by atoms with E-state index in [4.69, 9.17) is 40.4 Å². The third-order valence-electron chi connectivity index (χ3n) is 17.3. The van der Waals surface area contributed by atoms with Crippen molar-refractivity contribution in [2.75, 3.05) is 199 Å². The summed E-state index contributed by atoms with van der Waals surface area (Å²) < 4.78 is 25.9. The quantitative estimate of drug-likeness (QED) is 0.0349. The first-order valence-electron chi connectivity index (χ1n) is 39.2. The third-order valence-corrected chi connectivity index (χ3v) is 17.5. The number of carbonyl (C=O) groups is 6. The predicted molar refractivity (Wildman–Crippen MR) is 451 cm³/mol. The second kappa shape index (κ2) is 50.4. The van der Waals surface area contributed by atoms with E-state index in [-0.39, 0.29) is 53.4 Å². The maximum absolute atomic E-state index is 12.2. The second-order valence-electron chi connectivity index (χ2n) is 31.8. The number of ether oxygens (including phenoxy) is 5. The summed E-state index contributed by atoms with van der Waals surface area (Å²) in [5.74, 6) is 1.13. The predicted octanol–water partition coefficient (Wildman–Crippen LogP) is 4.32. The van der Waals surface area contributed by atoms with Crippen LogP contribution >= 0.6 is 11.6 Å². The van der Waals surface area contributed by atoms with Gasteiger partial charge >= 0.3 is 55.0 Å². The first kappa shape index (κ1) is 104. The minimum atomic E-state index is -1.05. The summed E-state index contributed by atoms with van der Waals surface area (Å²) in [6.07, 6.45) is 17.7. The van der Waals surface area contributed by atoms with Crippen molar-refractivity contribution in [3.05, 3.63) is 113 Å². The molecule has 3 fully saturated rings. The Labute approximate surface area is 719 Å².